The van der Waals surface area contributed by atoms with Crippen molar-refractivity contribution in [3.63, 3.8) is 0 Å². The molecule has 43 heavy (non-hydrogen) atoms. The van der Waals surface area contributed by atoms with E-state index >= 15 is 0 Å². The number of likely N-dealkylation sites (N-methyl/N-ethyl adjacent to an activating group) is 1. The van der Waals surface area contributed by atoms with Gasteiger partial charge in [-0.15, -0.1) is 0 Å². The zero-order valence-corrected chi connectivity index (χ0v) is 26.6. The van der Waals surface area contributed by atoms with Crippen molar-refractivity contribution < 1.29 is 32.6 Å². The Balaban J connectivity index is 1.73. The van der Waals surface area contributed by atoms with Crippen molar-refractivity contribution in [3.8, 4) is 5.75 Å². The van der Waals surface area contributed by atoms with Crippen molar-refractivity contribution in [2.45, 2.75) is 62.8 Å². The van der Waals surface area contributed by atoms with E-state index in [4.69, 9.17) is 26.2 Å². The van der Waals surface area contributed by atoms with E-state index in [0.29, 0.717) is 42.8 Å². The van der Waals surface area contributed by atoms with Gasteiger partial charge >= 0.3 is 5.97 Å². The molecule has 1 heterocycles. The summed E-state index contributed by atoms with van der Waals surface area (Å²) < 4.78 is 40.6. The maximum absolute atomic E-state index is 13.3. The lowest BCUT2D eigenvalue weighted by Gasteiger charge is -2.40. The second kappa shape index (κ2) is 13.7. The Morgan fingerprint density at radius 1 is 1.26 bits per heavy atom. The fourth-order valence-electron chi connectivity index (χ4n) is 5.98. The van der Waals surface area contributed by atoms with E-state index in [1.807, 2.05) is 13.0 Å². The molecule has 4 atom stereocenters. The first-order valence-corrected chi connectivity index (χ1v) is 16.4. The minimum atomic E-state index is -4.16. The van der Waals surface area contributed by atoms with Crippen LogP contribution in [0, 0.1) is 24.0 Å². The van der Waals surface area contributed by atoms with Crippen LogP contribution < -0.4 is 19.7 Å². The van der Waals surface area contributed by atoms with Crippen LogP contribution in [0.15, 0.2) is 29.2 Å². The highest BCUT2D eigenvalue weighted by Crippen LogP contribution is 2.44. The molecule has 2 aromatic carbocycles. The first kappa shape index (κ1) is 32.9. The highest BCUT2D eigenvalue weighted by molar-refractivity contribution is 7.90. The van der Waals surface area contributed by atoms with Crippen LogP contribution in [0.2, 0.25) is 5.02 Å². The maximum atomic E-state index is 13.3. The lowest BCUT2D eigenvalue weighted by atomic mass is 9.70. The molecular formula is C31H40ClN3O7S. The molecule has 0 radical (unpaired) electrons. The fourth-order valence-corrected chi connectivity index (χ4v) is 7.23. The van der Waals surface area contributed by atoms with Crippen molar-refractivity contribution in [3.05, 3.63) is 52.5 Å². The Kier molecular flexibility index (Phi) is 10.5. The maximum Gasteiger partial charge on any atom is 0.329 e. The summed E-state index contributed by atoms with van der Waals surface area (Å²) in [6, 6.07) is 12.2. The number of fused-ring (bicyclic) bond motifs is 3. The van der Waals surface area contributed by atoms with Gasteiger partial charge in [0.05, 0.1) is 33.7 Å². The Hall–Kier alpha value is -3.04. The quantitative estimate of drug-likeness (QED) is 0.321. The van der Waals surface area contributed by atoms with E-state index in [1.165, 1.54) is 6.07 Å². The predicted molar refractivity (Wildman–Crippen MR) is 163 cm³/mol. The van der Waals surface area contributed by atoms with Crippen molar-refractivity contribution in [1.29, 1.82) is 0 Å². The number of carbonyl (C=O) groups is 2. The number of anilines is 1. The standard InChI is InChI=1S/C31H40ClN3O7S/c1-5-22(16-41-17-29(36)37)20(2)15-35-18-31(12-6-7-23-13-24(32)8-10-26(23)31)19-42-28-11-9-25(14-27(28)35)43(39,40)34-30(38)21(3)33-4/h9,11,13-14,20-22,33H,5-7,12,15-19H2,1-4H3,(H,34,38)(H,36,37)/t20-,21-,22-,31-/m0/s1. The fraction of sp³-hybridized carbons (Fsp3) is 0.548. The van der Waals surface area contributed by atoms with Crippen LogP contribution in [0.5, 0.6) is 5.75 Å². The van der Waals surface area contributed by atoms with Gasteiger partial charge < -0.3 is 24.8 Å². The number of amides is 1. The van der Waals surface area contributed by atoms with Gasteiger partial charge in [-0.2, -0.15) is 0 Å². The molecule has 0 bridgehead atoms. The number of halogens is 1. The van der Waals surface area contributed by atoms with Gasteiger partial charge in [0.25, 0.3) is 15.9 Å². The second-order valence-corrected chi connectivity index (χ2v) is 13.7. The number of rotatable bonds is 12. The largest absolute Gasteiger partial charge is 0.490 e. The third-order valence-corrected chi connectivity index (χ3v) is 10.1. The molecule has 1 aliphatic carbocycles. The number of carbonyl (C=O) groups excluding carboxylic acids is 1. The van der Waals surface area contributed by atoms with E-state index in [9.17, 15) is 18.0 Å². The molecule has 0 unspecified atom stereocenters. The molecule has 0 saturated carbocycles. The van der Waals surface area contributed by atoms with Gasteiger partial charge in [-0.3, -0.25) is 4.79 Å². The van der Waals surface area contributed by atoms with E-state index in [2.05, 4.69) is 34.0 Å². The number of nitrogens with one attached hydrogen (secondary N) is 2. The Bertz CT molecular complexity index is 1440. The normalized spacial score (nSPS) is 20.1. The van der Waals surface area contributed by atoms with E-state index in [0.717, 1.165) is 36.8 Å². The Morgan fingerprint density at radius 2 is 2.02 bits per heavy atom. The third-order valence-electron chi connectivity index (χ3n) is 8.60. The third kappa shape index (κ3) is 7.55. The number of ether oxygens (including phenoxy) is 2. The highest BCUT2D eigenvalue weighted by Gasteiger charge is 2.43. The number of aliphatic carboxylic acids is 1. The number of hydrogen-bond donors (Lipinski definition) is 3. The summed E-state index contributed by atoms with van der Waals surface area (Å²) in [5.41, 5.74) is 2.28. The van der Waals surface area contributed by atoms with Gasteiger partial charge in [-0.1, -0.05) is 37.9 Å². The molecule has 0 saturated heterocycles. The van der Waals surface area contributed by atoms with Gasteiger partial charge in [0, 0.05) is 18.7 Å². The zero-order chi connectivity index (χ0) is 31.4. The molecule has 1 aliphatic heterocycles. The summed E-state index contributed by atoms with van der Waals surface area (Å²) in [4.78, 5) is 25.6. The molecule has 1 spiro atoms. The van der Waals surface area contributed by atoms with Crippen LogP contribution in [0.1, 0.15) is 51.2 Å². The summed E-state index contributed by atoms with van der Waals surface area (Å²) in [6.07, 6.45) is 3.42. The smallest absolute Gasteiger partial charge is 0.329 e. The number of hydrogen-bond acceptors (Lipinski definition) is 8. The lowest BCUT2D eigenvalue weighted by Crippen LogP contribution is -2.47. The van der Waals surface area contributed by atoms with Crippen LogP contribution in [0.3, 0.4) is 0 Å². The first-order valence-electron chi connectivity index (χ1n) is 14.6. The summed E-state index contributed by atoms with van der Waals surface area (Å²) in [6.45, 7) is 7.06. The summed E-state index contributed by atoms with van der Waals surface area (Å²) in [5.74, 6) is -1.01. The van der Waals surface area contributed by atoms with Crippen molar-refractivity contribution >= 4 is 39.2 Å². The van der Waals surface area contributed by atoms with Gasteiger partial charge in [0.1, 0.15) is 19.0 Å². The molecule has 3 N–H and O–H groups in total. The van der Waals surface area contributed by atoms with Gasteiger partial charge in [-0.05, 0) is 81.0 Å². The lowest BCUT2D eigenvalue weighted by molar-refractivity contribution is -0.142. The van der Waals surface area contributed by atoms with Crippen molar-refractivity contribution in [1.82, 2.24) is 10.0 Å². The van der Waals surface area contributed by atoms with E-state index < -0.39 is 33.4 Å². The molecule has 2 aliphatic rings. The van der Waals surface area contributed by atoms with Crippen LogP contribution >= 0.6 is 11.6 Å². The van der Waals surface area contributed by atoms with Crippen LogP contribution in [0.4, 0.5) is 5.69 Å². The number of nitrogens with zero attached hydrogens (tertiary/aromatic N) is 1. The minimum Gasteiger partial charge on any atom is -0.490 e. The van der Waals surface area contributed by atoms with Crippen LogP contribution in [-0.2, 0) is 36.2 Å². The molecular weight excluding hydrogens is 594 g/mol. The first-order chi connectivity index (χ1) is 20.4. The van der Waals surface area contributed by atoms with Crippen molar-refractivity contribution in [2.24, 2.45) is 11.8 Å². The zero-order valence-electron chi connectivity index (χ0n) is 25.0. The summed E-state index contributed by atoms with van der Waals surface area (Å²) >= 11 is 6.28. The monoisotopic (exact) mass is 633 g/mol. The number of benzene rings is 1. The molecule has 10 nitrogen and oxygen atoms in total. The molecule has 0 fully saturated rings. The molecule has 234 valence electrons. The minimum absolute atomic E-state index is 0.0485. The second-order valence-electron chi connectivity index (χ2n) is 11.6. The summed E-state index contributed by atoms with van der Waals surface area (Å²) in [7, 11) is -2.59. The molecule has 12 heteroatoms. The number of carboxylic acids is 1. The molecule has 4 rings (SSSR count). The van der Waals surface area contributed by atoms with Gasteiger partial charge in [0.15, 0.2) is 0 Å². The highest BCUT2D eigenvalue weighted by atomic mass is 35.5. The topological polar surface area (TPSA) is 134 Å². The van der Waals surface area contributed by atoms with Crippen LogP contribution in [-0.4, -0.2) is 71.4 Å². The van der Waals surface area contributed by atoms with Gasteiger partial charge in [0.2, 0.25) is 0 Å². The number of sulfonamides is 1. The number of carboxylic acid groups (broad SMARTS) is 1. The van der Waals surface area contributed by atoms with E-state index in [1.54, 1.807) is 26.1 Å². The average molecular weight is 634 g/mol. The predicted octanol–water partition coefficient (Wildman–Crippen LogP) is 3.59. The number of aryl methyl sites for hydroxylation is 1. The molecule has 2 aromatic rings. The molecule has 1 amide bonds. The molecule has 0 aromatic heterocycles. The average Bonchev–Trinajstić information content (AvgIpc) is 3.11. The van der Waals surface area contributed by atoms with Crippen molar-refractivity contribution in [2.75, 3.05) is 44.9 Å². The van der Waals surface area contributed by atoms with Gasteiger partial charge in [-0.25, -0.2) is 17.9 Å². The Morgan fingerprint density at radius 3 is 2.72 bits per heavy atom. The SMILES string of the molecule is CC[C@@H](COCC(=O)O)[C@@H](C)CN1C[C@@]2(CCCc3cc(Cl)c#cc32)COc2ccc(S(=O)(=O)NC(=O)[C@H](C)NC)cc21. The summed E-state index contributed by atoms with van der Waals surface area (Å²) in [5, 5.41) is 12.3. The van der Waals surface area contributed by atoms with E-state index in [-0.39, 0.29) is 23.3 Å². The Labute approximate surface area is 259 Å². The van der Waals surface area contributed by atoms with Crippen LogP contribution in [0.25, 0.3) is 0 Å².